The van der Waals surface area contributed by atoms with E-state index in [2.05, 4.69) is 187 Å². The van der Waals surface area contributed by atoms with Crippen molar-refractivity contribution in [2.24, 2.45) is 0 Å². The molecule has 14 heteroatoms. The first-order valence-corrected chi connectivity index (χ1v) is 29.5. The van der Waals surface area contributed by atoms with Crippen LogP contribution in [0.3, 0.4) is 0 Å². The van der Waals surface area contributed by atoms with E-state index in [1.165, 1.54) is 87.6 Å². The van der Waals surface area contributed by atoms with Crippen molar-refractivity contribution in [1.82, 2.24) is 10.2 Å². The molecule has 11 nitrogen and oxygen atoms in total. The molecule has 0 bridgehead atoms. The molecule has 0 fully saturated rings. The number of benzene rings is 12. The molecule has 2 aliphatic rings. The summed E-state index contributed by atoms with van der Waals surface area (Å²) in [7, 11) is 0. The molecule has 0 unspecified atom stereocenters. The van der Waals surface area contributed by atoms with Crippen LogP contribution in [0.2, 0.25) is 0 Å². The number of carbonyl (C=O) groups excluding carboxylic acids is 5. The molecule has 14 rings (SSSR count). The quantitative estimate of drug-likeness (QED) is 0.0304. The van der Waals surface area contributed by atoms with Gasteiger partial charge in [0, 0.05) is 48.4 Å². The minimum Gasteiger partial charge on any atom is -1.00 e. The number of amides is 2. The Morgan fingerprint density at radius 1 is 0.438 bits per heavy atom. The van der Waals surface area contributed by atoms with E-state index in [0.29, 0.717) is 46.7 Å². The smallest absolute Gasteiger partial charge is 1.00 e. The van der Waals surface area contributed by atoms with Crippen molar-refractivity contribution in [3.8, 4) is 22.3 Å². The van der Waals surface area contributed by atoms with Gasteiger partial charge in [-0.15, -0.1) is 0 Å². The number of nitrogens with one attached hydrogen (secondary N) is 3. The Balaban J connectivity index is 0.000000181. The molecule has 0 radical (unpaired) electrons. The van der Waals surface area contributed by atoms with Gasteiger partial charge in [-0.05, 0) is 112 Å². The maximum atomic E-state index is 13.5. The molecule has 89 heavy (non-hydrogen) atoms. The van der Waals surface area contributed by atoms with Gasteiger partial charge in [0.05, 0.1) is 23.2 Å². The number of rotatable bonds is 10. The first-order chi connectivity index (χ1) is 42.7. The van der Waals surface area contributed by atoms with Crippen LogP contribution in [0.15, 0.2) is 255 Å². The third kappa shape index (κ3) is 15.6. The zero-order valence-corrected chi connectivity index (χ0v) is 57.1. The van der Waals surface area contributed by atoms with Crippen LogP contribution in [0.5, 0.6) is 0 Å². The molecule has 0 saturated heterocycles. The Morgan fingerprint density at radius 2 is 0.753 bits per heavy atom. The molecule has 0 saturated carbocycles. The normalized spacial score (nSPS) is 11.8. The largest absolute Gasteiger partial charge is 1.00 e. The molecule has 3 N–H and O–H groups in total. The van der Waals surface area contributed by atoms with E-state index in [-0.39, 0.29) is 146 Å². The molecule has 2 heterocycles. The van der Waals surface area contributed by atoms with Gasteiger partial charge in [0.1, 0.15) is 0 Å². The van der Waals surface area contributed by atoms with E-state index in [1.807, 2.05) is 48.5 Å². The van der Waals surface area contributed by atoms with Gasteiger partial charge < -0.3 is 27.5 Å². The van der Waals surface area contributed by atoms with Crippen LogP contribution in [-0.4, -0.2) is 46.6 Å². The second kappa shape index (κ2) is 32.2. The molecule has 0 atom stereocenters. The number of hydrogen-bond acceptors (Lipinski definition) is 9. The second-order valence-corrected chi connectivity index (χ2v) is 21.5. The third-order valence-electron chi connectivity index (χ3n) is 15.5. The average molecular weight is 1290 g/mol. The number of nitrogens with zero attached hydrogens (tertiary/aromatic N) is 1. The molecular formula is C75H59BrK2N4O7. The van der Waals surface area contributed by atoms with Crippen molar-refractivity contribution in [2.75, 3.05) is 22.5 Å². The van der Waals surface area contributed by atoms with Crippen molar-refractivity contribution in [2.45, 2.75) is 26.2 Å². The summed E-state index contributed by atoms with van der Waals surface area (Å²) < 4.78 is 0. The third-order valence-corrected chi connectivity index (χ3v) is 16.0. The summed E-state index contributed by atoms with van der Waals surface area (Å²) in [6, 6.07) is 84.6. The molecule has 2 amide bonds. The number of hydrogen-bond donors (Lipinski definition) is 3. The summed E-state index contributed by atoms with van der Waals surface area (Å²) in [6.45, 7) is 3.14. The fourth-order valence-electron chi connectivity index (χ4n) is 11.6. The van der Waals surface area contributed by atoms with Gasteiger partial charge in [0.15, 0.2) is 11.6 Å². The summed E-state index contributed by atoms with van der Waals surface area (Å²) in [5, 5.41) is 28.1. The zero-order valence-electron chi connectivity index (χ0n) is 50.3. The van der Waals surface area contributed by atoms with Crippen LogP contribution in [0.25, 0.3) is 65.3 Å². The van der Waals surface area contributed by atoms with Gasteiger partial charge in [-0.2, -0.15) is 0 Å². The number of halogens is 1. The molecular weight excluding hydrogens is 1230 g/mol. The Labute approximate surface area is 611 Å². The maximum Gasteiger partial charge on any atom is 1.00 e. The summed E-state index contributed by atoms with van der Waals surface area (Å²) in [4.78, 5) is 63.9. The van der Waals surface area contributed by atoms with Crippen LogP contribution < -0.4 is 124 Å². The van der Waals surface area contributed by atoms with E-state index in [1.54, 1.807) is 60.7 Å². The van der Waals surface area contributed by atoms with Crippen LogP contribution in [0.1, 0.15) is 55.5 Å². The van der Waals surface area contributed by atoms with Gasteiger partial charge in [-0.3, -0.25) is 28.9 Å². The van der Waals surface area contributed by atoms with Crippen LogP contribution in [0, 0.1) is 0 Å². The molecule has 12 aromatic carbocycles. The Hall–Kier alpha value is -6.94. The van der Waals surface area contributed by atoms with Gasteiger partial charge in [0.2, 0.25) is 11.8 Å². The molecule has 430 valence electrons. The van der Waals surface area contributed by atoms with Crippen molar-refractivity contribution in [3.05, 3.63) is 299 Å². The molecule has 0 spiro atoms. The van der Waals surface area contributed by atoms with E-state index in [4.69, 9.17) is 10.1 Å². The summed E-state index contributed by atoms with van der Waals surface area (Å²) in [6.07, 6.45) is 0. The SMILES string of the molecule is O=C(CBr)Nc1ccccc1C(=O)c1ccccc1.O=C(CN1Cc2ccc3ccccc3c2-c2c(ccc3ccccc23)C1)Nc1ccccc1C(=O)c1ccccc1.O=CO[O-].[H-].[K+].[K+].c1ccc2c3c(ccc2c1)CNCc1ccc2ccccc2c1-3. The second-order valence-electron chi connectivity index (χ2n) is 20.9. The maximum absolute atomic E-state index is 13.5. The summed E-state index contributed by atoms with van der Waals surface area (Å²) >= 11 is 3.08. The van der Waals surface area contributed by atoms with Crippen LogP contribution in [0.4, 0.5) is 11.4 Å². The van der Waals surface area contributed by atoms with Gasteiger partial charge in [-0.25, -0.2) is 0 Å². The van der Waals surface area contributed by atoms with Gasteiger partial charge in [0.25, 0.3) is 6.47 Å². The van der Waals surface area contributed by atoms with Crippen LogP contribution >= 0.6 is 15.9 Å². The Kier molecular flexibility index (Phi) is 24.0. The average Bonchev–Trinajstić information content (AvgIpc) is 1.38. The first-order valence-electron chi connectivity index (χ1n) is 28.4. The predicted octanol–water partition coefficient (Wildman–Crippen LogP) is 8.91. The van der Waals surface area contributed by atoms with E-state index < -0.39 is 0 Å². The zero-order chi connectivity index (χ0) is 60.1. The van der Waals surface area contributed by atoms with Crippen molar-refractivity contribution in [3.63, 3.8) is 0 Å². The van der Waals surface area contributed by atoms with Gasteiger partial charge >= 0.3 is 103 Å². The standard InChI is InChI=1S/C37H28N2O2.C22H17N.C15H12BrNO2.CH2O3.2K.H/c40-34(38-33-17-9-8-16-32(33)37(41)27-12-2-1-3-13-27)24-39-22-28-20-18-25-10-4-6-14-30(25)35(28)36-29(23-39)21-19-26-11-5-7-15-31(26)36;1-3-7-19-15(5-1)9-11-17-13-23-14-18-12-10-16-6-2-4-8-20(16)22(18)21(17)19;16-10-14(18)17-13-9-5-4-8-12(13)15(19)11-6-2-1-3-7-11;2-1-4-3;;;/h1-21H,22-24H2,(H,38,40);1-12,23H,13-14H2;1-9H,10H2,(H,17,18);1,3H;;;/q;;;;2*+1;-1/p-1. The molecule has 0 aromatic heterocycles. The minimum atomic E-state index is -0.187. The van der Waals surface area contributed by atoms with E-state index in [0.717, 1.165) is 13.1 Å². The number of ketones is 2. The molecule has 0 aliphatic carbocycles. The fourth-order valence-corrected chi connectivity index (χ4v) is 11.8. The Morgan fingerprint density at radius 3 is 1.12 bits per heavy atom. The summed E-state index contributed by atoms with van der Waals surface area (Å²) in [5.74, 6) is -0.554. The minimum absolute atomic E-state index is 0. The number of fused-ring (bicyclic) bond motifs is 14. The fraction of sp³-hybridized carbons (Fsp3) is 0.0800. The van der Waals surface area contributed by atoms with Crippen LogP contribution in [-0.2, 0) is 45.5 Å². The monoisotopic (exact) mass is 1280 g/mol. The van der Waals surface area contributed by atoms with Crippen molar-refractivity contribution in [1.29, 1.82) is 0 Å². The topological polar surface area (TPSA) is 157 Å². The van der Waals surface area contributed by atoms with Gasteiger partial charge in [-0.1, -0.05) is 246 Å². The number of alkyl halides is 1. The molecule has 12 aromatic rings. The number of anilines is 2. The molecule has 2 aliphatic heterocycles. The van der Waals surface area contributed by atoms with Crippen molar-refractivity contribution < 1.29 is 138 Å². The van der Waals surface area contributed by atoms with E-state index in [9.17, 15) is 19.2 Å². The number of para-hydroxylation sites is 2. The van der Waals surface area contributed by atoms with Crippen molar-refractivity contribution >= 4 is 100 Å². The summed E-state index contributed by atoms with van der Waals surface area (Å²) in [5.41, 5.74) is 13.7. The first kappa shape index (κ1) is 66.5. The van der Waals surface area contributed by atoms with E-state index >= 15 is 0 Å². The predicted molar refractivity (Wildman–Crippen MR) is 350 cm³/mol. The number of carbonyl (C=O) groups is 5. The Bertz CT molecular complexity index is 4370.